The monoisotopic (exact) mass is 503 g/mol. The van der Waals surface area contributed by atoms with Crippen molar-refractivity contribution in [1.29, 1.82) is 0 Å². The molecular weight excluding hydrogens is 478 g/mol. The van der Waals surface area contributed by atoms with Gasteiger partial charge in [-0.3, -0.25) is 9.59 Å². The summed E-state index contributed by atoms with van der Waals surface area (Å²) < 4.78 is 5.65. The molecule has 4 rings (SSSR count). The van der Waals surface area contributed by atoms with Crippen molar-refractivity contribution in [2.45, 2.75) is 36.8 Å². The van der Waals surface area contributed by atoms with Crippen LogP contribution < -0.4 is 10.1 Å². The first-order valence-electron chi connectivity index (χ1n) is 10.8. The summed E-state index contributed by atoms with van der Waals surface area (Å²) in [7, 11) is 1.61. The largest absolute Gasteiger partial charge is 0.497 e. The lowest BCUT2D eigenvalue weighted by atomic mass is 9.79. The third kappa shape index (κ3) is 4.42. The highest BCUT2D eigenvalue weighted by atomic mass is 32.2. The number of ether oxygens (including phenoxy) is 1. The highest BCUT2D eigenvalue weighted by molar-refractivity contribution is 8.04. The zero-order valence-corrected chi connectivity index (χ0v) is 20.5. The van der Waals surface area contributed by atoms with Gasteiger partial charge in [-0.25, -0.2) is 9.78 Å². The third-order valence-corrected chi connectivity index (χ3v) is 8.31. The number of hydrogen-bond donors (Lipinski definition) is 3. The van der Waals surface area contributed by atoms with Crippen molar-refractivity contribution >= 4 is 40.9 Å². The summed E-state index contributed by atoms with van der Waals surface area (Å²) in [5, 5.41) is 24.2. The molecule has 0 spiro atoms. The van der Waals surface area contributed by atoms with Gasteiger partial charge >= 0.3 is 5.97 Å². The molecule has 180 valence electrons. The van der Waals surface area contributed by atoms with Crippen LogP contribution in [0.25, 0.3) is 0 Å². The van der Waals surface area contributed by atoms with Crippen molar-refractivity contribution in [1.82, 2.24) is 15.2 Å². The number of carbonyl (C=O) groups is 3. The van der Waals surface area contributed by atoms with Crippen molar-refractivity contribution < 1.29 is 29.3 Å². The molecule has 34 heavy (non-hydrogen) atoms. The smallest absolute Gasteiger partial charge is 0.353 e. The molecule has 1 aromatic heterocycles. The van der Waals surface area contributed by atoms with Gasteiger partial charge in [-0.05, 0) is 31.0 Å². The lowest BCUT2D eigenvalue weighted by molar-refractivity contribution is -0.163. The number of amides is 2. The number of carbonyl (C=O) groups excluding carboxylic acids is 2. The number of nitrogens with one attached hydrogen (secondary N) is 1. The number of benzene rings is 1. The highest BCUT2D eigenvalue weighted by Gasteiger charge is 2.60. The molecule has 0 aliphatic carbocycles. The lowest BCUT2D eigenvalue weighted by Crippen LogP contribution is -2.63. The second kappa shape index (κ2) is 9.77. The van der Waals surface area contributed by atoms with Crippen LogP contribution in [0.15, 0.2) is 44.6 Å². The Kier molecular flexibility index (Phi) is 6.96. The number of nitrogens with zero attached hydrogens (tertiary/aromatic N) is 2. The molecule has 3 heterocycles. The molecule has 1 aromatic carbocycles. The Hall–Kier alpha value is -2.89. The molecular formula is C23H25N3O6S2. The standard InChI is InChI=1S/C23H25N3O6S2/c1-11-17-16(12(2)27)21(29)26(17)18(22(30)31)19(11)34-23-25-15(10-33-23)20(28)24-9-8-13-4-6-14(32-3)7-5-13/h4-7,10-12,16-17,27H,8-9H2,1-3H3,(H,24,28)(H,30,31)/t11-,12-,16-,17-/m1/s1. The molecule has 0 unspecified atom stereocenters. The van der Waals surface area contributed by atoms with E-state index in [9.17, 15) is 24.6 Å². The summed E-state index contributed by atoms with van der Waals surface area (Å²) in [5.74, 6) is -1.99. The van der Waals surface area contributed by atoms with Gasteiger partial charge < -0.3 is 25.2 Å². The SMILES string of the molecule is COc1ccc(CCNC(=O)c2csc(SC3=C(C(=O)O)N4C(=O)[C@H]([C@@H](C)O)[C@H]4[C@H]3C)n2)cc1. The topological polar surface area (TPSA) is 129 Å². The van der Waals surface area contributed by atoms with Crippen molar-refractivity contribution in [2.75, 3.05) is 13.7 Å². The normalized spacial score (nSPS) is 22.3. The molecule has 1 saturated heterocycles. The van der Waals surface area contributed by atoms with E-state index in [-0.39, 0.29) is 35.2 Å². The van der Waals surface area contributed by atoms with Gasteiger partial charge in [0, 0.05) is 22.7 Å². The maximum Gasteiger partial charge on any atom is 0.353 e. The molecule has 0 radical (unpaired) electrons. The number of thioether (sulfide) groups is 1. The van der Waals surface area contributed by atoms with E-state index in [4.69, 9.17) is 4.74 Å². The number of aliphatic hydroxyl groups is 1. The summed E-state index contributed by atoms with van der Waals surface area (Å²) in [5.41, 5.74) is 1.25. The Morgan fingerprint density at radius 2 is 2.03 bits per heavy atom. The minimum absolute atomic E-state index is 0.0647. The Morgan fingerprint density at radius 3 is 2.65 bits per heavy atom. The first-order valence-corrected chi connectivity index (χ1v) is 12.5. The number of aromatic nitrogens is 1. The number of rotatable bonds is 9. The van der Waals surface area contributed by atoms with Gasteiger partial charge in [0.2, 0.25) is 5.91 Å². The molecule has 2 aromatic rings. The van der Waals surface area contributed by atoms with Crippen LogP contribution in [0, 0.1) is 11.8 Å². The Bertz CT molecular complexity index is 1140. The number of β-lactam (4-membered cyclic amide) rings is 1. The van der Waals surface area contributed by atoms with Crippen LogP contribution in [0.1, 0.15) is 29.9 Å². The predicted molar refractivity (Wildman–Crippen MR) is 127 cm³/mol. The minimum Gasteiger partial charge on any atom is -0.497 e. The molecule has 2 aliphatic heterocycles. The van der Waals surface area contributed by atoms with Gasteiger partial charge in [0.05, 0.1) is 25.2 Å². The van der Waals surface area contributed by atoms with Gasteiger partial charge in [-0.1, -0.05) is 30.8 Å². The fraction of sp³-hybridized carbons (Fsp3) is 0.391. The van der Waals surface area contributed by atoms with E-state index in [1.165, 1.54) is 16.2 Å². The van der Waals surface area contributed by atoms with E-state index in [1.807, 2.05) is 31.2 Å². The molecule has 3 N–H and O–H groups in total. The van der Waals surface area contributed by atoms with E-state index in [0.717, 1.165) is 23.1 Å². The number of aliphatic hydroxyl groups excluding tert-OH is 1. The summed E-state index contributed by atoms with van der Waals surface area (Å²) in [6, 6.07) is 7.22. The van der Waals surface area contributed by atoms with E-state index < -0.39 is 18.0 Å². The number of thiazole rings is 1. The van der Waals surface area contributed by atoms with Crippen molar-refractivity contribution in [2.24, 2.45) is 11.8 Å². The van der Waals surface area contributed by atoms with Crippen molar-refractivity contribution in [3.8, 4) is 5.75 Å². The van der Waals surface area contributed by atoms with Gasteiger partial charge in [-0.2, -0.15) is 0 Å². The van der Waals surface area contributed by atoms with Crippen LogP contribution in [-0.2, 0) is 16.0 Å². The van der Waals surface area contributed by atoms with Crippen LogP contribution in [0.3, 0.4) is 0 Å². The number of fused-ring (bicyclic) bond motifs is 1. The van der Waals surface area contributed by atoms with Crippen LogP contribution in [0.5, 0.6) is 5.75 Å². The van der Waals surface area contributed by atoms with Gasteiger partial charge in [0.25, 0.3) is 5.91 Å². The number of carboxylic acid groups (broad SMARTS) is 1. The van der Waals surface area contributed by atoms with E-state index in [1.54, 1.807) is 19.4 Å². The second-order valence-electron chi connectivity index (χ2n) is 8.23. The van der Waals surface area contributed by atoms with Gasteiger partial charge in [0.1, 0.15) is 17.1 Å². The maximum absolute atomic E-state index is 12.5. The third-order valence-electron chi connectivity index (χ3n) is 6.08. The fourth-order valence-corrected chi connectivity index (χ4v) is 6.43. The molecule has 4 atom stereocenters. The predicted octanol–water partition coefficient (Wildman–Crippen LogP) is 2.37. The number of hydrogen-bond acceptors (Lipinski definition) is 8. The fourth-order valence-electron chi connectivity index (χ4n) is 4.36. The summed E-state index contributed by atoms with van der Waals surface area (Å²) in [6.07, 6.45) is -0.201. The molecule has 0 saturated carbocycles. The Morgan fingerprint density at radius 1 is 1.32 bits per heavy atom. The van der Waals surface area contributed by atoms with Gasteiger partial charge in [-0.15, -0.1) is 11.3 Å². The number of aliphatic carboxylic acids is 1. The first-order chi connectivity index (χ1) is 16.2. The molecule has 2 amide bonds. The van der Waals surface area contributed by atoms with Crippen LogP contribution in [0.4, 0.5) is 0 Å². The average Bonchev–Trinajstić information content (AvgIpc) is 3.36. The molecule has 2 aliphatic rings. The molecule has 1 fully saturated rings. The quantitative estimate of drug-likeness (QED) is 0.445. The van der Waals surface area contributed by atoms with Crippen molar-refractivity contribution in [3.63, 3.8) is 0 Å². The zero-order chi connectivity index (χ0) is 24.6. The molecule has 0 bridgehead atoms. The van der Waals surface area contributed by atoms with Crippen molar-refractivity contribution in [3.05, 3.63) is 51.5 Å². The number of carboxylic acids is 1. The summed E-state index contributed by atoms with van der Waals surface area (Å²) in [4.78, 5) is 43.0. The highest BCUT2D eigenvalue weighted by Crippen LogP contribution is 2.52. The zero-order valence-electron chi connectivity index (χ0n) is 18.8. The van der Waals surface area contributed by atoms with E-state index in [2.05, 4.69) is 10.3 Å². The lowest BCUT2D eigenvalue weighted by Gasteiger charge is -2.46. The average molecular weight is 504 g/mol. The Labute approximate surface area is 204 Å². The van der Waals surface area contributed by atoms with Crippen LogP contribution >= 0.6 is 23.1 Å². The van der Waals surface area contributed by atoms with Crippen LogP contribution in [0.2, 0.25) is 0 Å². The van der Waals surface area contributed by atoms with Crippen LogP contribution in [-0.4, -0.2) is 63.7 Å². The minimum atomic E-state index is -1.19. The number of methoxy groups -OCH3 is 1. The van der Waals surface area contributed by atoms with E-state index in [0.29, 0.717) is 22.2 Å². The van der Waals surface area contributed by atoms with E-state index >= 15 is 0 Å². The maximum atomic E-state index is 12.5. The van der Waals surface area contributed by atoms with Gasteiger partial charge in [0.15, 0.2) is 4.34 Å². The molecule has 11 heteroatoms. The Balaban J connectivity index is 1.40. The second-order valence-corrected chi connectivity index (χ2v) is 10.4. The first kappa shape index (κ1) is 24.2. The summed E-state index contributed by atoms with van der Waals surface area (Å²) in [6.45, 7) is 3.83. The molecule has 9 nitrogen and oxygen atoms in total. The summed E-state index contributed by atoms with van der Waals surface area (Å²) >= 11 is 2.40.